The number of rotatable bonds is 7. The molecule has 0 aromatic carbocycles. The summed E-state index contributed by atoms with van der Waals surface area (Å²) in [5.41, 5.74) is 0. The van der Waals surface area contributed by atoms with E-state index in [-0.39, 0.29) is 25.3 Å². The summed E-state index contributed by atoms with van der Waals surface area (Å²) in [5, 5.41) is 22.2. The molecular formula is C16H26N4O2. The van der Waals surface area contributed by atoms with Crippen molar-refractivity contribution in [2.45, 2.75) is 44.7 Å². The summed E-state index contributed by atoms with van der Waals surface area (Å²) in [6, 6.07) is 1.97. The van der Waals surface area contributed by atoms with Gasteiger partial charge < -0.3 is 20.4 Å². The summed E-state index contributed by atoms with van der Waals surface area (Å²) >= 11 is 0. The maximum Gasteiger partial charge on any atom is 0.134 e. The van der Waals surface area contributed by atoms with Gasteiger partial charge in [0.2, 0.25) is 0 Å². The molecule has 0 amide bonds. The predicted octanol–water partition coefficient (Wildman–Crippen LogP) is 1.57. The Labute approximate surface area is 131 Å². The van der Waals surface area contributed by atoms with Crippen LogP contribution in [0.3, 0.4) is 0 Å². The summed E-state index contributed by atoms with van der Waals surface area (Å²) in [7, 11) is 0. The first kappa shape index (κ1) is 16.7. The third kappa shape index (κ3) is 4.42. The van der Waals surface area contributed by atoms with Crippen molar-refractivity contribution in [3.63, 3.8) is 0 Å². The lowest BCUT2D eigenvalue weighted by Crippen LogP contribution is -2.42. The smallest absolute Gasteiger partial charge is 0.134 e. The molecule has 1 aliphatic heterocycles. The van der Waals surface area contributed by atoms with Crippen molar-refractivity contribution in [3.05, 3.63) is 24.5 Å². The highest BCUT2D eigenvalue weighted by Gasteiger charge is 2.23. The number of aliphatic hydroxyl groups is 2. The molecule has 2 rings (SSSR count). The number of hydrogen-bond acceptors (Lipinski definition) is 6. The van der Waals surface area contributed by atoms with Crippen molar-refractivity contribution in [1.29, 1.82) is 0 Å². The van der Waals surface area contributed by atoms with Crippen LogP contribution in [0.5, 0.6) is 0 Å². The van der Waals surface area contributed by atoms with Gasteiger partial charge in [-0.2, -0.15) is 0 Å². The molecule has 2 atom stereocenters. The number of nitrogens with one attached hydrogen (secondary N) is 1. The fourth-order valence-electron chi connectivity index (χ4n) is 2.76. The van der Waals surface area contributed by atoms with E-state index >= 15 is 0 Å². The Morgan fingerprint density at radius 2 is 2.27 bits per heavy atom. The number of nitrogens with zero attached hydrogens (tertiary/aromatic N) is 3. The van der Waals surface area contributed by atoms with Gasteiger partial charge in [0.05, 0.1) is 25.3 Å². The first-order valence-corrected chi connectivity index (χ1v) is 7.96. The molecule has 2 heterocycles. The van der Waals surface area contributed by atoms with Gasteiger partial charge in [-0.05, 0) is 32.6 Å². The van der Waals surface area contributed by atoms with Gasteiger partial charge in [0.15, 0.2) is 0 Å². The van der Waals surface area contributed by atoms with Crippen LogP contribution in [0.25, 0.3) is 0 Å². The van der Waals surface area contributed by atoms with Crippen molar-refractivity contribution in [1.82, 2.24) is 9.97 Å². The molecule has 0 radical (unpaired) electrons. The van der Waals surface area contributed by atoms with Crippen LogP contribution in [0.4, 0.5) is 11.6 Å². The minimum absolute atomic E-state index is 0.0483. The third-order valence-electron chi connectivity index (χ3n) is 4.01. The van der Waals surface area contributed by atoms with Crippen molar-refractivity contribution < 1.29 is 10.2 Å². The summed E-state index contributed by atoms with van der Waals surface area (Å²) in [4.78, 5) is 10.7. The molecule has 1 saturated heterocycles. The second kappa shape index (κ2) is 8.70. The summed E-state index contributed by atoms with van der Waals surface area (Å²) in [6.07, 6.45) is 9.51. The Morgan fingerprint density at radius 1 is 1.41 bits per heavy atom. The van der Waals surface area contributed by atoms with E-state index in [1.165, 1.54) is 6.33 Å². The molecule has 6 heteroatoms. The van der Waals surface area contributed by atoms with Crippen LogP contribution in [-0.4, -0.2) is 52.0 Å². The lowest BCUT2D eigenvalue weighted by atomic mass is 10.0. The van der Waals surface area contributed by atoms with Gasteiger partial charge in [-0.3, -0.25) is 0 Å². The Hall–Kier alpha value is -1.66. The van der Waals surface area contributed by atoms with E-state index in [1.807, 2.05) is 25.1 Å². The molecule has 22 heavy (non-hydrogen) atoms. The Kier molecular flexibility index (Phi) is 6.61. The van der Waals surface area contributed by atoms with E-state index in [2.05, 4.69) is 20.2 Å². The lowest BCUT2D eigenvalue weighted by Gasteiger charge is -2.35. The zero-order valence-electron chi connectivity index (χ0n) is 13.1. The predicted molar refractivity (Wildman–Crippen MR) is 88.0 cm³/mol. The van der Waals surface area contributed by atoms with E-state index < -0.39 is 0 Å². The fraction of sp³-hybridized carbons (Fsp3) is 0.625. The summed E-state index contributed by atoms with van der Waals surface area (Å²) in [6.45, 7) is 3.06. The second-order valence-corrected chi connectivity index (χ2v) is 5.62. The van der Waals surface area contributed by atoms with Crippen molar-refractivity contribution >= 4 is 11.6 Å². The zero-order chi connectivity index (χ0) is 15.8. The largest absolute Gasteiger partial charge is 0.394 e. The molecule has 6 nitrogen and oxygen atoms in total. The molecule has 2 unspecified atom stereocenters. The Balaban J connectivity index is 2.08. The number of anilines is 2. The molecule has 1 fully saturated rings. The highest BCUT2D eigenvalue weighted by molar-refractivity contribution is 5.50. The van der Waals surface area contributed by atoms with Gasteiger partial charge >= 0.3 is 0 Å². The monoisotopic (exact) mass is 306 g/mol. The van der Waals surface area contributed by atoms with Gasteiger partial charge in [-0.1, -0.05) is 12.2 Å². The molecule has 0 saturated carbocycles. The van der Waals surface area contributed by atoms with Crippen molar-refractivity contribution in [3.8, 4) is 0 Å². The minimum Gasteiger partial charge on any atom is -0.394 e. The highest BCUT2D eigenvalue weighted by Crippen LogP contribution is 2.24. The number of allylic oxidation sites excluding steroid dienone is 1. The standard InChI is InChI=1S/C16H26N4O2/c1-2-3-6-13(10-21)19-15-9-16(18-12-17-15)20-8-5-4-7-14(20)11-22/h2-3,9,12-14,21-22H,4-8,10-11H2,1H3,(H,17,18,19). The van der Waals surface area contributed by atoms with Crippen LogP contribution < -0.4 is 10.2 Å². The number of aromatic nitrogens is 2. The molecule has 1 aliphatic rings. The number of piperidine rings is 1. The maximum atomic E-state index is 9.53. The molecule has 0 bridgehead atoms. The van der Waals surface area contributed by atoms with Crippen LogP contribution in [-0.2, 0) is 0 Å². The van der Waals surface area contributed by atoms with E-state index in [9.17, 15) is 10.2 Å². The quantitative estimate of drug-likeness (QED) is 0.663. The number of hydrogen-bond donors (Lipinski definition) is 3. The van der Waals surface area contributed by atoms with E-state index in [1.54, 1.807) is 0 Å². The second-order valence-electron chi connectivity index (χ2n) is 5.62. The first-order valence-electron chi connectivity index (χ1n) is 7.96. The molecule has 0 spiro atoms. The zero-order valence-corrected chi connectivity index (χ0v) is 13.1. The maximum absolute atomic E-state index is 9.53. The summed E-state index contributed by atoms with van der Waals surface area (Å²) in [5.74, 6) is 1.54. The van der Waals surface area contributed by atoms with Gasteiger partial charge in [0.25, 0.3) is 0 Å². The van der Waals surface area contributed by atoms with Crippen LogP contribution >= 0.6 is 0 Å². The Morgan fingerprint density at radius 3 is 3.00 bits per heavy atom. The molecule has 1 aromatic rings. The number of aliphatic hydroxyl groups excluding tert-OH is 2. The molecule has 1 aromatic heterocycles. The van der Waals surface area contributed by atoms with Gasteiger partial charge in [-0.15, -0.1) is 0 Å². The highest BCUT2D eigenvalue weighted by atomic mass is 16.3. The van der Waals surface area contributed by atoms with Crippen LogP contribution in [0.15, 0.2) is 24.5 Å². The fourth-order valence-corrected chi connectivity index (χ4v) is 2.76. The lowest BCUT2D eigenvalue weighted by molar-refractivity contribution is 0.239. The van der Waals surface area contributed by atoms with E-state index in [0.29, 0.717) is 5.82 Å². The van der Waals surface area contributed by atoms with Crippen LogP contribution in [0, 0.1) is 0 Å². The molecular weight excluding hydrogens is 280 g/mol. The van der Waals surface area contributed by atoms with Gasteiger partial charge in [-0.25, -0.2) is 9.97 Å². The van der Waals surface area contributed by atoms with Crippen LogP contribution in [0.1, 0.15) is 32.6 Å². The molecule has 3 N–H and O–H groups in total. The SMILES string of the molecule is CC=CCC(CO)Nc1cc(N2CCCCC2CO)ncn1. The van der Waals surface area contributed by atoms with Gasteiger partial charge in [0, 0.05) is 12.6 Å². The van der Waals surface area contributed by atoms with E-state index in [0.717, 1.165) is 38.0 Å². The average Bonchev–Trinajstić information content (AvgIpc) is 2.58. The van der Waals surface area contributed by atoms with Crippen molar-refractivity contribution in [2.75, 3.05) is 30.0 Å². The normalized spacial score (nSPS) is 20.3. The first-order chi connectivity index (χ1) is 10.8. The molecule has 122 valence electrons. The van der Waals surface area contributed by atoms with Crippen LogP contribution in [0.2, 0.25) is 0 Å². The topological polar surface area (TPSA) is 81.5 Å². The average molecular weight is 306 g/mol. The minimum atomic E-state index is -0.0612. The van der Waals surface area contributed by atoms with E-state index in [4.69, 9.17) is 0 Å². The van der Waals surface area contributed by atoms with Gasteiger partial charge in [0.1, 0.15) is 18.0 Å². The summed E-state index contributed by atoms with van der Waals surface area (Å²) < 4.78 is 0. The third-order valence-corrected chi connectivity index (χ3v) is 4.01. The molecule has 0 aliphatic carbocycles. The van der Waals surface area contributed by atoms with Crippen molar-refractivity contribution in [2.24, 2.45) is 0 Å². The Bertz CT molecular complexity index is 481.